The predicted octanol–water partition coefficient (Wildman–Crippen LogP) is 5.01. The fourth-order valence-corrected chi connectivity index (χ4v) is 2.69. The van der Waals surface area contributed by atoms with Gasteiger partial charge in [-0.15, -0.1) is 0 Å². The second-order valence-electron chi connectivity index (χ2n) is 5.63. The monoisotopic (exact) mass is 349 g/mol. The second-order valence-corrected chi connectivity index (χ2v) is 6.04. The minimum Gasteiger partial charge on any atom is -0.369 e. The van der Waals surface area contributed by atoms with Crippen molar-refractivity contribution in [3.63, 3.8) is 0 Å². The van der Waals surface area contributed by atoms with Crippen molar-refractivity contribution in [1.29, 1.82) is 0 Å². The van der Waals surface area contributed by atoms with Gasteiger partial charge in [-0.2, -0.15) is 0 Å². The molecule has 0 unspecified atom stereocenters. The second kappa shape index (κ2) is 8.06. The Bertz CT molecular complexity index is 702. The summed E-state index contributed by atoms with van der Waals surface area (Å²) in [5.74, 6) is -1.32. The average Bonchev–Trinajstić information content (AvgIpc) is 2.52. The highest BCUT2D eigenvalue weighted by molar-refractivity contribution is 7.80. The number of benzene rings is 2. The van der Waals surface area contributed by atoms with Crippen molar-refractivity contribution in [3.8, 4) is 0 Å². The maximum absolute atomic E-state index is 13.6. The molecule has 0 heterocycles. The van der Waals surface area contributed by atoms with Gasteiger partial charge in [0.05, 0.1) is 5.69 Å². The molecule has 128 valence electrons. The van der Waals surface area contributed by atoms with Gasteiger partial charge in [0.15, 0.2) is 5.11 Å². The Morgan fingerprint density at radius 3 is 2.29 bits per heavy atom. The summed E-state index contributed by atoms with van der Waals surface area (Å²) in [6, 6.07) is 11.5. The first-order valence-electron chi connectivity index (χ1n) is 7.80. The van der Waals surface area contributed by atoms with Gasteiger partial charge in [-0.1, -0.05) is 0 Å². The van der Waals surface area contributed by atoms with Crippen LogP contribution < -0.4 is 15.5 Å². The molecule has 0 saturated carbocycles. The molecular formula is C18H21F2N3S. The first kappa shape index (κ1) is 18.1. The fraction of sp³-hybridized carbons (Fsp3) is 0.278. The highest BCUT2D eigenvalue weighted by Crippen LogP contribution is 2.20. The van der Waals surface area contributed by atoms with E-state index in [0.717, 1.165) is 24.0 Å². The topological polar surface area (TPSA) is 27.3 Å². The number of rotatable bonds is 5. The summed E-state index contributed by atoms with van der Waals surface area (Å²) in [6.45, 7) is 7.33. The van der Waals surface area contributed by atoms with Gasteiger partial charge in [0, 0.05) is 30.0 Å². The average molecular weight is 349 g/mol. The Labute approximate surface area is 146 Å². The molecule has 2 aromatic rings. The van der Waals surface area contributed by atoms with Crippen molar-refractivity contribution in [2.24, 2.45) is 0 Å². The number of halogens is 2. The molecular weight excluding hydrogens is 328 g/mol. The van der Waals surface area contributed by atoms with E-state index in [9.17, 15) is 8.78 Å². The van der Waals surface area contributed by atoms with E-state index in [1.165, 1.54) is 12.1 Å². The molecule has 0 atom stereocenters. The molecule has 0 radical (unpaired) electrons. The minimum atomic E-state index is -0.690. The van der Waals surface area contributed by atoms with Crippen molar-refractivity contribution in [2.75, 3.05) is 22.1 Å². The molecule has 2 aromatic carbocycles. The maximum Gasteiger partial charge on any atom is 0.175 e. The molecule has 0 aliphatic carbocycles. The molecule has 0 aliphatic rings. The Hall–Kier alpha value is -2.21. The van der Waals surface area contributed by atoms with Crippen LogP contribution in [0.2, 0.25) is 0 Å². The molecule has 0 bridgehead atoms. The summed E-state index contributed by atoms with van der Waals surface area (Å²) in [6.07, 6.45) is 0. The Kier molecular flexibility index (Phi) is 6.09. The third-order valence-electron chi connectivity index (χ3n) is 3.60. The number of hydrogen-bond donors (Lipinski definition) is 2. The highest BCUT2D eigenvalue weighted by atomic mass is 32.1. The van der Waals surface area contributed by atoms with Gasteiger partial charge in [0.1, 0.15) is 11.6 Å². The van der Waals surface area contributed by atoms with Gasteiger partial charge in [-0.25, -0.2) is 8.78 Å². The van der Waals surface area contributed by atoms with Gasteiger partial charge >= 0.3 is 0 Å². The van der Waals surface area contributed by atoms with Gasteiger partial charge in [0.25, 0.3) is 0 Å². The van der Waals surface area contributed by atoms with E-state index in [0.29, 0.717) is 6.04 Å². The summed E-state index contributed by atoms with van der Waals surface area (Å²) in [5.41, 5.74) is 2.04. The van der Waals surface area contributed by atoms with Crippen LogP contribution >= 0.6 is 12.2 Å². The van der Waals surface area contributed by atoms with E-state index in [1.54, 1.807) is 0 Å². The van der Waals surface area contributed by atoms with E-state index < -0.39 is 11.6 Å². The van der Waals surface area contributed by atoms with Crippen LogP contribution in [0.5, 0.6) is 0 Å². The third-order valence-corrected chi connectivity index (χ3v) is 3.80. The van der Waals surface area contributed by atoms with E-state index in [4.69, 9.17) is 12.2 Å². The van der Waals surface area contributed by atoms with Crippen molar-refractivity contribution in [1.82, 2.24) is 0 Å². The van der Waals surface area contributed by atoms with Crippen LogP contribution in [-0.4, -0.2) is 17.7 Å². The zero-order valence-corrected chi connectivity index (χ0v) is 14.8. The molecule has 0 spiro atoms. The summed E-state index contributed by atoms with van der Waals surface area (Å²) in [4.78, 5) is 2.27. The maximum atomic E-state index is 13.6. The number of nitrogens with zero attached hydrogens (tertiary/aromatic N) is 1. The molecule has 0 aliphatic heterocycles. The molecule has 0 fully saturated rings. The number of hydrogen-bond acceptors (Lipinski definition) is 2. The van der Waals surface area contributed by atoms with Crippen LogP contribution in [0.25, 0.3) is 0 Å². The Morgan fingerprint density at radius 1 is 1.08 bits per heavy atom. The van der Waals surface area contributed by atoms with Crippen LogP contribution in [0.1, 0.15) is 20.8 Å². The number of thiocarbonyl (C=S) groups is 1. The first-order chi connectivity index (χ1) is 11.4. The summed E-state index contributed by atoms with van der Waals surface area (Å²) in [5, 5.41) is 5.95. The van der Waals surface area contributed by atoms with Gasteiger partial charge in [-0.3, -0.25) is 0 Å². The highest BCUT2D eigenvalue weighted by Gasteiger charge is 2.09. The molecule has 2 N–H and O–H groups in total. The molecule has 3 nitrogen and oxygen atoms in total. The van der Waals surface area contributed by atoms with E-state index in [-0.39, 0.29) is 10.8 Å². The lowest BCUT2D eigenvalue weighted by Crippen LogP contribution is -2.30. The standard InChI is InChI=1S/C18H21F2N3S/c1-4-23(12(2)3)15-8-6-14(7-9-15)21-18(24)22-17-10-5-13(19)11-16(17)20/h5-12H,4H2,1-3H3,(H2,21,22,24). The minimum absolute atomic E-state index is 0.127. The van der Waals surface area contributed by atoms with Crippen LogP contribution in [0.4, 0.5) is 25.8 Å². The fourth-order valence-electron chi connectivity index (χ4n) is 2.46. The van der Waals surface area contributed by atoms with Gasteiger partial charge in [0.2, 0.25) is 0 Å². The number of anilines is 3. The lowest BCUT2D eigenvalue weighted by atomic mass is 10.2. The third kappa shape index (κ3) is 4.64. The lowest BCUT2D eigenvalue weighted by molar-refractivity contribution is 0.586. The van der Waals surface area contributed by atoms with Crippen LogP contribution in [0, 0.1) is 11.6 Å². The Balaban J connectivity index is 2.01. The molecule has 0 amide bonds. The normalized spacial score (nSPS) is 10.6. The van der Waals surface area contributed by atoms with E-state index in [1.807, 2.05) is 24.3 Å². The van der Waals surface area contributed by atoms with Crippen molar-refractivity contribution >= 4 is 34.4 Å². The van der Waals surface area contributed by atoms with Crippen molar-refractivity contribution in [3.05, 3.63) is 54.1 Å². The Morgan fingerprint density at radius 2 is 1.75 bits per heavy atom. The summed E-state index contributed by atoms with van der Waals surface area (Å²) >= 11 is 5.17. The molecule has 24 heavy (non-hydrogen) atoms. The van der Waals surface area contributed by atoms with Crippen LogP contribution in [-0.2, 0) is 0 Å². The van der Waals surface area contributed by atoms with Crippen LogP contribution in [0.15, 0.2) is 42.5 Å². The molecule has 2 rings (SSSR count). The zero-order chi connectivity index (χ0) is 17.7. The predicted molar refractivity (Wildman–Crippen MR) is 101 cm³/mol. The zero-order valence-electron chi connectivity index (χ0n) is 13.9. The summed E-state index contributed by atoms with van der Waals surface area (Å²) < 4.78 is 26.5. The quantitative estimate of drug-likeness (QED) is 0.742. The molecule has 0 aromatic heterocycles. The van der Waals surface area contributed by atoms with E-state index in [2.05, 4.69) is 36.3 Å². The van der Waals surface area contributed by atoms with E-state index >= 15 is 0 Å². The van der Waals surface area contributed by atoms with Crippen molar-refractivity contribution < 1.29 is 8.78 Å². The lowest BCUT2D eigenvalue weighted by Gasteiger charge is -2.27. The van der Waals surface area contributed by atoms with Gasteiger partial charge in [-0.05, 0) is 69.4 Å². The van der Waals surface area contributed by atoms with Crippen LogP contribution in [0.3, 0.4) is 0 Å². The van der Waals surface area contributed by atoms with Crippen molar-refractivity contribution in [2.45, 2.75) is 26.8 Å². The number of nitrogens with one attached hydrogen (secondary N) is 2. The molecule has 6 heteroatoms. The molecule has 0 saturated heterocycles. The largest absolute Gasteiger partial charge is 0.369 e. The summed E-state index contributed by atoms with van der Waals surface area (Å²) in [7, 11) is 0. The van der Waals surface area contributed by atoms with Gasteiger partial charge < -0.3 is 15.5 Å². The smallest absolute Gasteiger partial charge is 0.175 e. The first-order valence-corrected chi connectivity index (χ1v) is 8.21. The SMILES string of the molecule is CCN(c1ccc(NC(=S)Nc2ccc(F)cc2F)cc1)C(C)C.